The van der Waals surface area contributed by atoms with E-state index in [4.69, 9.17) is 0 Å². The third-order valence-corrected chi connectivity index (χ3v) is 3.35. The molecule has 0 N–H and O–H groups in total. The van der Waals surface area contributed by atoms with Crippen LogP contribution in [0.5, 0.6) is 0 Å². The molecule has 0 fully saturated rings. The Morgan fingerprint density at radius 1 is 0.684 bits per heavy atom. The Hall–Kier alpha value is -2.34. The molecule has 0 spiro atoms. The molecule has 3 aromatic rings. The van der Waals surface area contributed by atoms with E-state index in [1.165, 1.54) is 27.8 Å². The van der Waals surface area contributed by atoms with Gasteiger partial charge >= 0.3 is 0 Å². The molecular weight excluding hydrogens is 228 g/mol. The molecule has 0 saturated carbocycles. The van der Waals surface area contributed by atoms with Crippen molar-refractivity contribution >= 4 is 0 Å². The first kappa shape index (κ1) is 11.7. The molecule has 0 aliphatic rings. The predicted octanol–water partition coefficient (Wildman–Crippen LogP) is 5.13. The molecule has 0 saturated heterocycles. The molecule has 0 amide bonds. The number of hydrogen-bond acceptors (Lipinski definition) is 0. The Morgan fingerprint density at radius 2 is 1.37 bits per heavy atom. The molecule has 0 heteroatoms. The van der Waals surface area contributed by atoms with Crippen LogP contribution in [0.25, 0.3) is 22.3 Å². The lowest BCUT2D eigenvalue weighted by Gasteiger charge is -2.11. The van der Waals surface area contributed by atoms with Crippen molar-refractivity contribution in [3.8, 4) is 22.3 Å². The summed E-state index contributed by atoms with van der Waals surface area (Å²) in [5, 5.41) is 0. The smallest absolute Gasteiger partial charge is 0.00697 e. The lowest BCUT2D eigenvalue weighted by atomic mass is 9.92. The van der Waals surface area contributed by atoms with Gasteiger partial charge in [0, 0.05) is 0 Å². The van der Waals surface area contributed by atoms with Gasteiger partial charge in [0.05, 0.1) is 0 Å². The average Bonchev–Trinajstić information content (AvgIpc) is 2.49. The van der Waals surface area contributed by atoms with Gasteiger partial charge in [-0.25, -0.2) is 0 Å². The van der Waals surface area contributed by atoms with Crippen LogP contribution >= 0.6 is 0 Å². The van der Waals surface area contributed by atoms with Gasteiger partial charge in [-0.05, 0) is 40.8 Å². The van der Waals surface area contributed by atoms with E-state index in [0.717, 1.165) is 0 Å². The average molecular weight is 243 g/mol. The van der Waals surface area contributed by atoms with E-state index in [1.807, 2.05) is 18.2 Å². The lowest BCUT2D eigenvalue weighted by molar-refractivity contribution is 1.45. The van der Waals surface area contributed by atoms with Crippen molar-refractivity contribution in [1.29, 1.82) is 0 Å². The highest BCUT2D eigenvalue weighted by atomic mass is 14.1. The summed E-state index contributed by atoms with van der Waals surface area (Å²) >= 11 is 0. The van der Waals surface area contributed by atoms with E-state index >= 15 is 0 Å². The molecule has 91 valence electrons. The van der Waals surface area contributed by atoms with Gasteiger partial charge in [-0.15, -0.1) is 0 Å². The van der Waals surface area contributed by atoms with Gasteiger partial charge < -0.3 is 0 Å². The quantitative estimate of drug-likeness (QED) is 0.585. The molecule has 0 heterocycles. The predicted molar refractivity (Wildman–Crippen MR) is 80.9 cm³/mol. The molecule has 1 radical (unpaired) electrons. The van der Waals surface area contributed by atoms with Crippen LogP contribution < -0.4 is 0 Å². The number of hydrogen-bond donors (Lipinski definition) is 0. The second kappa shape index (κ2) is 5.11. The summed E-state index contributed by atoms with van der Waals surface area (Å²) in [6.45, 7) is 2.13. The zero-order valence-electron chi connectivity index (χ0n) is 10.9. The third kappa shape index (κ3) is 2.30. The molecule has 0 nitrogen and oxygen atoms in total. The van der Waals surface area contributed by atoms with Crippen LogP contribution in [0.4, 0.5) is 0 Å². The van der Waals surface area contributed by atoms with E-state index in [0.29, 0.717) is 0 Å². The Balaban J connectivity index is 2.21. The largest absolute Gasteiger partial charge is 0.0622 e. The molecule has 0 aromatic heterocycles. The van der Waals surface area contributed by atoms with Crippen molar-refractivity contribution in [2.75, 3.05) is 0 Å². The topological polar surface area (TPSA) is 0 Å². The van der Waals surface area contributed by atoms with Crippen molar-refractivity contribution in [3.63, 3.8) is 0 Å². The maximum absolute atomic E-state index is 3.36. The van der Waals surface area contributed by atoms with Crippen LogP contribution in [0.15, 0.2) is 72.8 Å². The first-order chi connectivity index (χ1) is 9.36. The Bertz CT molecular complexity index is 681. The van der Waals surface area contributed by atoms with Crippen LogP contribution in [-0.4, -0.2) is 0 Å². The molecule has 0 bridgehead atoms. The van der Waals surface area contributed by atoms with Gasteiger partial charge in [0.1, 0.15) is 0 Å². The molecule has 0 unspecified atom stereocenters. The highest BCUT2D eigenvalue weighted by Gasteiger charge is 2.08. The number of aryl methyl sites for hydroxylation is 1. The monoisotopic (exact) mass is 243 g/mol. The van der Waals surface area contributed by atoms with Crippen LogP contribution in [-0.2, 0) is 0 Å². The second-order valence-corrected chi connectivity index (χ2v) is 4.64. The minimum atomic E-state index is 1.18. The van der Waals surface area contributed by atoms with Crippen molar-refractivity contribution in [3.05, 3.63) is 84.4 Å². The van der Waals surface area contributed by atoms with Crippen LogP contribution in [0.2, 0.25) is 0 Å². The summed E-state index contributed by atoms with van der Waals surface area (Å²) in [5.41, 5.74) is 6.18. The van der Waals surface area contributed by atoms with E-state index in [-0.39, 0.29) is 0 Å². The van der Waals surface area contributed by atoms with E-state index in [1.54, 1.807) is 0 Å². The minimum Gasteiger partial charge on any atom is -0.0622 e. The molecular formula is C19H15. The Labute approximate surface area is 114 Å². The lowest BCUT2D eigenvalue weighted by Crippen LogP contribution is -1.87. The maximum Gasteiger partial charge on any atom is -0.00697 e. The van der Waals surface area contributed by atoms with E-state index in [2.05, 4.69) is 67.6 Å². The summed E-state index contributed by atoms with van der Waals surface area (Å²) in [6.07, 6.45) is 0. The van der Waals surface area contributed by atoms with E-state index < -0.39 is 0 Å². The van der Waals surface area contributed by atoms with Crippen LogP contribution in [0.1, 0.15) is 5.56 Å². The molecule has 3 rings (SSSR count). The second-order valence-electron chi connectivity index (χ2n) is 4.64. The van der Waals surface area contributed by atoms with Crippen molar-refractivity contribution in [2.45, 2.75) is 6.92 Å². The Kier molecular flexibility index (Phi) is 3.16. The van der Waals surface area contributed by atoms with Crippen molar-refractivity contribution < 1.29 is 0 Å². The zero-order valence-corrected chi connectivity index (χ0v) is 10.9. The highest BCUT2D eigenvalue weighted by Crippen LogP contribution is 2.33. The molecule has 0 aliphatic heterocycles. The van der Waals surface area contributed by atoms with Crippen LogP contribution in [0, 0.1) is 13.0 Å². The summed E-state index contributed by atoms with van der Waals surface area (Å²) in [6, 6.07) is 28.5. The summed E-state index contributed by atoms with van der Waals surface area (Å²) in [5.74, 6) is 0. The SMILES string of the molecule is Cc1ccc[c]c1-c1ccccc1-c1ccccc1. The van der Waals surface area contributed by atoms with Gasteiger partial charge in [0.15, 0.2) is 0 Å². The third-order valence-electron chi connectivity index (χ3n) is 3.35. The maximum atomic E-state index is 3.36. The Morgan fingerprint density at radius 3 is 2.11 bits per heavy atom. The molecule has 0 aliphatic carbocycles. The van der Waals surface area contributed by atoms with Gasteiger partial charge in [0.2, 0.25) is 0 Å². The van der Waals surface area contributed by atoms with Gasteiger partial charge in [-0.1, -0.05) is 72.8 Å². The number of benzene rings is 3. The fourth-order valence-electron chi connectivity index (χ4n) is 2.38. The van der Waals surface area contributed by atoms with Gasteiger partial charge in [-0.3, -0.25) is 0 Å². The van der Waals surface area contributed by atoms with Gasteiger partial charge in [0.25, 0.3) is 0 Å². The molecule has 19 heavy (non-hydrogen) atoms. The van der Waals surface area contributed by atoms with E-state index in [9.17, 15) is 0 Å². The van der Waals surface area contributed by atoms with Crippen LogP contribution in [0.3, 0.4) is 0 Å². The fraction of sp³-hybridized carbons (Fsp3) is 0.0526. The minimum absolute atomic E-state index is 1.18. The summed E-state index contributed by atoms with van der Waals surface area (Å²) in [7, 11) is 0. The van der Waals surface area contributed by atoms with Gasteiger partial charge in [-0.2, -0.15) is 0 Å². The first-order valence-electron chi connectivity index (χ1n) is 6.48. The van der Waals surface area contributed by atoms with Crippen molar-refractivity contribution in [2.24, 2.45) is 0 Å². The standard InChI is InChI=1S/C19H15/c1-15-9-5-6-12-17(15)19-14-8-7-13-18(19)16-10-3-2-4-11-16/h2-11,13-14H,1H3. The molecule has 3 aromatic carbocycles. The summed E-state index contributed by atoms with van der Waals surface area (Å²) < 4.78 is 0. The highest BCUT2D eigenvalue weighted by molar-refractivity contribution is 5.84. The first-order valence-corrected chi connectivity index (χ1v) is 6.48. The normalized spacial score (nSPS) is 10.4. The van der Waals surface area contributed by atoms with Crippen molar-refractivity contribution in [1.82, 2.24) is 0 Å². The number of rotatable bonds is 2. The molecule has 0 atom stereocenters. The zero-order chi connectivity index (χ0) is 13.1. The summed E-state index contributed by atoms with van der Waals surface area (Å²) in [4.78, 5) is 0. The fourth-order valence-corrected chi connectivity index (χ4v) is 2.38.